The van der Waals surface area contributed by atoms with Gasteiger partial charge in [-0.05, 0) is 64.9 Å². The first-order valence-electron chi connectivity index (χ1n) is 18.3. The molecule has 284 valence electrons. The lowest BCUT2D eigenvalue weighted by atomic mass is 9.79. The highest BCUT2D eigenvalue weighted by atomic mass is 127. The highest BCUT2D eigenvalue weighted by molar-refractivity contribution is 14.1. The zero-order valence-corrected chi connectivity index (χ0v) is 33.7. The lowest BCUT2D eigenvalue weighted by Gasteiger charge is -2.53. The van der Waals surface area contributed by atoms with E-state index in [1.165, 1.54) is 0 Å². The molecule has 5 aromatic rings. The Morgan fingerprint density at radius 3 is 1.81 bits per heavy atom. The van der Waals surface area contributed by atoms with E-state index < -0.39 is 23.9 Å². The molecular formula is C45H48ClIO7. The van der Waals surface area contributed by atoms with Crippen molar-refractivity contribution in [3.05, 3.63) is 172 Å². The van der Waals surface area contributed by atoms with E-state index in [0.717, 1.165) is 39.1 Å². The number of benzene rings is 5. The fourth-order valence-corrected chi connectivity index (χ4v) is 7.72. The van der Waals surface area contributed by atoms with Crippen LogP contribution < -0.4 is 4.74 Å². The van der Waals surface area contributed by atoms with Crippen LogP contribution in [0.2, 0.25) is 5.02 Å². The van der Waals surface area contributed by atoms with Crippen molar-refractivity contribution >= 4 is 34.2 Å². The third-order valence-electron chi connectivity index (χ3n) is 9.49. The summed E-state index contributed by atoms with van der Waals surface area (Å²) in [5.74, 6) is 0.833. The first kappa shape index (κ1) is 40.3. The van der Waals surface area contributed by atoms with Gasteiger partial charge in [-0.15, -0.1) is 0 Å². The lowest BCUT2D eigenvalue weighted by molar-refractivity contribution is -0.315. The summed E-state index contributed by atoms with van der Waals surface area (Å²) in [6.07, 6.45) is -1.50. The molecule has 54 heavy (non-hydrogen) atoms. The summed E-state index contributed by atoms with van der Waals surface area (Å²) in [7, 11) is 1.61. The molecule has 0 aliphatic carbocycles. The molecule has 1 aliphatic rings. The van der Waals surface area contributed by atoms with Crippen molar-refractivity contribution in [3.63, 3.8) is 0 Å². The number of rotatable bonds is 19. The largest absolute Gasteiger partial charge is 0.494 e. The topological polar surface area (TPSA) is 64.6 Å². The van der Waals surface area contributed by atoms with E-state index >= 15 is 0 Å². The zero-order chi connectivity index (χ0) is 37.6. The smallest absolute Gasteiger partial charge is 0.146 e. The van der Waals surface area contributed by atoms with Gasteiger partial charge in [0, 0.05) is 16.6 Å². The van der Waals surface area contributed by atoms with Crippen LogP contribution in [-0.2, 0) is 60.3 Å². The van der Waals surface area contributed by atoms with Crippen molar-refractivity contribution in [2.45, 2.75) is 63.2 Å². The van der Waals surface area contributed by atoms with E-state index in [1.807, 2.05) is 85.8 Å². The quantitative estimate of drug-likeness (QED) is 0.0355. The average Bonchev–Trinajstić information content (AvgIpc) is 3.21. The van der Waals surface area contributed by atoms with Crippen LogP contribution in [-0.4, -0.2) is 56.0 Å². The van der Waals surface area contributed by atoms with Gasteiger partial charge >= 0.3 is 0 Å². The van der Waals surface area contributed by atoms with Gasteiger partial charge in [-0.3, -0.25) is 0 Å². The summed E-state index contributed by atoms with van der Waals surface area (Å²) in [5.41, 5.74) is 4.91. The van der Waals surface area contributed by atoms with Crippen molar-refractivity contribution in [3.8, 4) is 5.75 Å². The van der Waals surface area contributed by atoms with Gasteiger partial charge < -0.3 is 33.2 Å². The average molecular weight is 863 g/mol. The van der Waals surface area contributed by atoms with Crippen molar-refractivity contribution < 1.29 is 33.2 Å². The summed E-state index contributed by atoms with van der Waals surface area (Å²) < 4.78 is 46.3. The first-order chi connectivity index (χ1) is 26.5. The minimum absolute atomic E-state index is 0.0710. The van der Waals surface area contributed by atoms with Gasteiger partial charge in [0.1, 0.15) is 36.5 Å². The Balaban J connectivity index is 1.44. The number of alkyl halides is 1. The van der Waals surface area contributed by atoms with Gasteiger partial charge in [-0.1, -0.05) is 149 Å². The maximum atomic E-state index is 7.35. The molecule has 1 fully saturated rings. The van der Waals surface area contributed by atoms with Crippen LogP contribution in [0.3, 0.4) is 0 Å². The summed E-state index contributed by atoms with van der Waals surface area (Å²) >= 11 is 9.33. The molecule has 0 radical (unpaired) electrons. The number of ether oxygens (including phenoxy) is 7. The van der Waals surface area contributed by atoms with Crippen molar-refractivity contribution in [2.75, 3.05) is 31.5 Å². The minimum atomic E-state index is -1.14. The van der Waals surface area contributed by atoms with Gasteiger partial charge in [0.2, 0.25) is 0 Å². The van der Waals surface area contributed by atoms with Crippen molar-refractivity contribution in [1.29, 1.82) is 0 Å². The van der Waals surface area contributed by atoms with E-state index in [2.05, 4.69) is 77.2 Å². The molecule has 0 spiro atoms. The molecular weight excluding hydrogens is 815 g/mol. The van der Waals surface area contributed by atoms with Gasteiger partial charge in [0.05, 0.1) is 39.1 Å². The van der Waals surface area contributed by atoms with E-state index in [4.69, 9.17) is 44.8 Å². The summed E-state index contributed by atoms with van der Waals surface area (Å²) in [6, 6.07) is 44.7. The Hall–Kier alpha value is -3.32. The monoisotopic (exact) mass is 862 g/mol. The Morgan fingerprint density at radius 2 is 1.26 bits per heavy atom. The fraction of sp³-hybridized carbons (Fsp3) is 0.333. The van der Waals surface area contributed by atoms with Crippen LogP contribution in [0.15, 0.2) is 133 Å². The van der Waals surface area contributed by atoms with Crippen LogP contribution in [0.1, 0.15) is 40.3 Å². The van der Waals surface area contributed by atoms with Crippen LogP contribution in [0.5, 0.6) is 5.75 Å². The van der Waals surface area contributed by atoms with E-state index in [9.17, 15) is 0 Å². The number of halogens is 2. The normalized spacial score (nSPS) is 21.2. The zero-order valence-electron chi connectivity index (χ0n) is 30.8. The molecule has 0 bridgehead atoms. The summed E-state index contributed by atoms with van der Waals surface area (Å²) in [5, 5.41) is 0.657. The second kappa shape index (κ2) is 20.6. The maximum Gasteiger partial charge on any atom is 0.146 e. The Kier molecular flexibility index (Phi) is 15.4. The Labute approximate surface area is 337 Å². The molecule has 6 rings (SSSR count). The van der Waals surface area contributed by atoms with Gasteiger partial charge in [0.25, 0.3) is 0 Å². The predicted octanol–water partition coefficient (Wildman–Crippen LogP) is 9.74. The molecule has 9 heteroatoms. The summed E-state index contributed by atoms with van der Waals surface area (Å²) in [6.45, 7) is 3.86. The molecule has 1 aliphatic heterocycles. The van der Waals surface area contributed by atoms with E-state index in [1.54, 1.807) is 7.11 Å². The molecule has 0 saturated carbocycles. The highest BCUT2D eigenvalue weighted by Gasteiger charge is 2.57. The second-order valence-electron chi connectivity index (χ2n) is 13.3. The van der Waals surface area contributed by atoms with E-state index in [0.29, 0.717) is 42.3 Å². The third-order valence-corrected chi connectivity index (χ3v) is 10.7. The molecule has 7 nitrogen and oxygen atoms in total. The fourth-order valence-electron chi connectivity index (χ4n) is 6.85. The van der Waals surface area contributed by atoms with Gasteiger partial charge in [-0.25, -0.2) is 0 Å². The molecule has 0 N–H and O–H groups in total. The Bertz CT molecular complexity index is 1830. The number of hydrogen-bond donors (Lipinski definition) is 0. The molecule has 0 unspecified atom stereocenters. The van der Waals surface area contributed by atoms with Crippen LogP contribution >= 0.6 is 34.2 Å². The van der Waals surface area contributed by atoms with Crippen molar-refractivity contribution in [2.24, 2.45) is 0 Å². The molecule has 0 amide bonds. The van der Waals surface area contributed by atoms with Crippen molar-refractivity contribution in [1.82, 2.24) is 0 Å². The van der Waals surface area contributed by atoms with Crippen LogP contribution in [0, 0.1) is 0 Å². The van der Waals surface area contributed by atoms with Crippen LogP contribution in [0.25, 0.3) is 0 Å². The molecule has 0 aromatic heterocycles. The van der Waals surface area contributed by atoms with Gasteiger partial charge in [-0.2, -0.15) is 0 Å². The second-order valence-corrected chi connectivity index (χ2v) is 14.5. The molecule has 5 aromatic carbocycles. The standard InChI is InChI=1S/C45H48ClIO7/c1-3-50-39-22-19-33(20-23-39)25-37-26-38(21-24-40(37)46)45(31-49-32-48-2)44(53-30-36-17-11-6-12-18-36)43(52-29-35-15-9-5-10-16-35)42(41(27-47)54-45)51-28-34-13-7-4-8-14-34/h4-24,26,41-44H,3,25,27-32H2,1-2H3/t41-,42-,43+,44-,45+/m1/s1. The van der Waals surface area contributed by atoms with Crippen LogP contribution in [0.4, 0.5) is 0 Å². The third kappa shape index (κ3) is 10.5. The SMILES string of the molecule is CCOc1ccc(Cc2cc([C@]3(COCOC)O[C@H](CI)[C@@H](OCc4ccccc4)[C@H](OCc4ccccc4)[C@H]3OCc3ccccc3)ccc2Cl)cc1. The minimum Gasteiger partial charge on any atom is -0.494 e. The maximum absolute atomic E-state index is 7.35. The predicted molar refractivity (Wildman–Crippen MR) is 220 cm³/mol. The Morgan fingerprint density at radius 1 is 0.685 bits per heavy atom. The molecule has 1 heterocycles. The first-order valence-corrected chi connectivity index (χ1v) is 20.2. The van der Waals surface area contributed by atoms with Gasteiger partial charge in [0.15, 0.2) is 0 Å². The molecule has 5 atom stereocenters. The lowest BCUT2D eigenvalue weighted by Crippen LogP contribution is -2.66. The molecule has 1 saturated heterocycles. The highest BCUT2D eigenvalue weighted by Crippen LogP contribution is 2.45. The van der Waals surface area contributed by atoms with E-state index in [-0.39, 0.29) is 19.5 Å². The number of hydrogen-bond acceptors (Lipinski definition) is 7. The number of methoxy groups -OCH3 is 1. The summed E-state index contributed by atoms with van der Waals surface area (Å²) in [4.78, 5) is 0.